The SMILES string of the molecule is CN(c1cnn(C)c(=O)c1Br)C1CCNC1. The standard InChI is InChI=1S/C10H15BrN4O/c1-14(7-3-4-12-5-7)8-6-13-15(2)10(16)9(8)11/h6-7,12H,3-5H2,1-2H3. The molecular weight excluding hydrogens is 272 g/mol. The first-order valence-corrected chi connectivity index (χ1v) is 6.06. The number of rotatable bonds is 2. The molecule has 88 valence electrons. The number of likely N-dealkylation sites (N-methyl/N-ethyl adjacent to an activating group) is 1. The molecule has 0 amide bonds. The zero-order valence-electron chi connectivity index (χ0n) is 9.40. The summed E-state index contributed by atoms with van der Waals surface area (Å²) in [7, 11) is 3.65. The van der Waals surface area contributed by atoms with Gasteiger partial charge >= 0.3 is 0 Å². The maximum absolute atomic E-state index is 11.7. The molecule has 0 bridgehead atoms. The van der Waals surface area contributed by atoms with Gasteiger partial charge in [-0.2, -0.15) is 5.10 Å². The number of hydrogen-bond donors (Lipinski definition) is 1. The second kappa shape index (κ2) is 4.55. The van der Waals surface area contributed by atoms with Crippen molar-refractivity contribution in [1.29, 1.82) is 0 Å². The molecule has 2 heterocycles. The lowest BCUT2D eigenvalue weighted by atomic mass is 10.2. The first kappa shape index (κ1) is 11.6. The fourth-order valence-corrected chi connectivity index (χ4v) is 2.55. The van der Waals surface area contributed by atoms with E-state index >= 15 is 0 Å². The van der Waals surface area contributed by atoms with Crippen LogP contribution in [0.2, 0.25) is 0 Å². The van der Waals surface area contributed by atoms with Gasteiger partial charge in [0.05, 0.1) is 11.9 Å². The van der Waals surface area contributed by atoms with Crippen LogP contribution in [-0.4, -0.2) is 36.0 Å². The number of anilines is 1. The van der Waals surface area contributed by atoms with E-state index < -0.39 is 0 Å². The highest BCUT2D eigenvalue weighted by Crippen LogP contribution is 2.23. The fraction of sp³-hybridized carbons (Fsp3) is 0.600. The number of nitrogens with zero attached hydrogens (tertiary/aromatic N) is 3. The average Bonchev–Trinajstić information content (AvgIpc) is 2.79. The van der Waals surface area contributed by atoms with Crippen molar-refractivity contribution in [3.63, 3.8) is 0 Å². The Morgan fingerprint density at radius 2 is 2.44 bits per heavy atom. The van der Waals surface area contributed by atoms with Gasteiger partial charge in [-0.25, -0.2) is 4.68 Å². The van der Waals surface area contributed by atoms with E-state index in [1.54, 1.807) is 13.2 Å². The van der Waals surface area contributed by atoms with Crippen LogP contribution in [0.15, 0.2) is 15.5 Å². The van der Waals surface area contributed by atoms with Crippen LogP contribution < -0.4 is 15.8 Å². The topological polar surface area (TPSA) is 50.2 Å². The summed E-state index contributed by atoms with van der Waals surface area (Å²) in [5.41, 5.74) is 0.757. The molecule has 2 rings (SSSR count). The summed E-state index contributed by atoms with van der Waals surface area (Å²) in [5.74, 6) is 0. The minimum Gasteiger partial charge on any atom is -0.368 e. The van der Waals surface area contributed by atoms with Crippen molar-refractivity contribution in [3.8, 4) is 0 Å². The van der Waals surface area contributed by atoms with Crippen molar-refractivity contribution in [3.05, 3.63) is 21.0 Å². The van der Waals surface area contributed by atoms with Gasteiger partial charge in [0.2, 0.25) is 0 Å². The van der Waals surface area contributed by atoms with Crippen molar-refractivity contribution in [2.24, 2.45) is 7.05 Å². The lowest BCUT2D eigenvalue weighted by Crippen LogP contribution is -2.35. The minimum absolute atomic E-state index is 0.102. The third-order valence-corrected chi connectivity index (χ3v) is 3.77. The molecule has 1 saturated heterocycles. The Balaban J connectivity index is 2.33. The molecule has 6 heteroatoms. The molecule has 16 heavy (non-hydrogen) atoms. The lowest BCUT2D eigenvalue weighted by Gasteiger charge is -2.26. The van der Waals surface area contributed by atoms with Crippen molar-refractivity contribution < 1.29 is 0 Å². The van der Waals surface area contributed by atoms with Crippen molar-refractivity contribution in [2.75, 3.05) is 25.0 Å². The first-order valence-electron chi connectivity index (χ1n) is 5.26. The quantitative estimate of drug-likeness (QED) is 0.852. The van der Waals surface area contributed by atoms with E-state index in [2.05, 4.69) is 31.2 Å². The Kier molecular flexibility index (Phi) is 3.30. The second-order valence-corrected chi connectivity index (χ2v) is 4.82. The highest BCUT2D eigenvalue weighted by molar-refractivity contribution is 9.10. The van der Waals surface area contributed by atoms with Crippen molar-refractivity contribution >= 4 is 21.6 Å². The van der Waals surface area contributed by atoms with Crippen LogP contribution in [-0.2, 0) is 7.05 Å². The second-order valence-electron chi connectivity index (χ2n) is 4.03. The van der Waals surface area contributed by atoms with Gasteiger partial charge in [0, 0.05) is 26.7 Å². The van der Waals surface area contributed by atoms with Gasteiger partial charge in [0.1, 0.15) is 4.47 Å². The predicted octanol–water partition coefficient (Wildman–Crippen LogP) is 0.341. The van der Waals surface area contributed by atoms with Gasteiger partial charge in [0.25, 0.3) is 5.56 Å². The third-order valence-electron chi connectivity index (χ3n) is 3.02. The maximum atomic E-state index is 11.7. The van der Waals surface area contributed by atoms with E-state index in [0.717, 1.165) is 25.2 Å². The lowest BCUT2D eigenvalue weighted by molar-refractivity contribution is 0.662. The predicted molar refractivity (Wildman–Crippen MR) is 66.9 cm³/mol. The normalized spacial score (nSPS) is 20.1. The number of hydrogen-bond acceptors (Lipinski definition) is 4. The Morgan fingerprint density at radius 1 is 1.69 bits per heavy atom. The molecule has 0 saturated carbocycles. The van der Waals surface area contributed by atoms with Gasteiger partial charge in [-0.05, 0) is 28.9 Å². The third kappa shape index (κ3) is 1.99. The van der Waals surface area contributed by atoms with E-state index in [4.69, 9.17) is 0 Å². The highest BCUT2D eigenvalue weighted by Gasteiger charge is 2.22. The molecule has 5 nitrogen and oxygen atoms in total. The van der Waals surface area contributed by atoms with E-state index in [0.29, 0.717) is 10.5 Å². The average molecular weight is 287 g/mol. The van der Waals surface area contributed by atoms with Crippen LogP contribution in [0.25, 0.3) is 0 Å². The molecule has 0 spiro atoms. The molecule has 1 fully saturated rings. The fourth-order valence-electron chi connectivity index (χ4n) is 1.91. The summed E-state index contributed by atoms with van der Waals surface area (Å²) in [6.07, 6.45) is 2.82. The smallest absolute Gasteiger partial charge is 0.282 e. The Bertz CT molecular complexity index is 439. The van der Waals surface area contributed by atoms with E-state index in [1.165, 1.54) is 4.68 Å². The van der Waals surface area contributed by atoms with E-state index in [1.807, 2.05) is 7.05 Å². The molecular formula is C10H15BrN4O. The number of halogens is 1. The van der Waals surface area contributed by atoms with Crippen LogP contribution in [0, 0.1) is 0 Å². The van der Waals surface area contributed by atoms with Crippen molar-refractivity contribution in [1.82, 2.24) is 15.1 Å². The molecule has 0 radical (unpaired) electrons. The summed E-state index contributed by atoms with van der Waals surface area (Å²) < 4.78 is 1.91. The Labute approximate surface area is 103 Å². The van der Waals surface area contributed by atoms with Gasteiger partial charge in [-0.3, -0.25) is 4.79 Å². The van der Waals surface area contributed by atoms with Crippen LogP contribution in [0.5, 0.6) is 0 Å². The highest BCUT2D eigenvalue weighted by atomic mass is 79.9. The monoisotopic (exact) mass is 286 g/mol. The number of nitrogens with one attached hydrogen (secondary N) is 1. The van der Waals surface area contributed by atoms with Gasteiger partial charge in [0.15, 0.2) is 0 Å². The maximum Gasteiger partial charge on any atom is 0.282 e. The minimum atomic E-state index is -0.102. The van der Waals surface area contributed by atoms with Gasteiger partial charge < -0.3 is 10.2 Å². The first-order chi connectivity index (χ1) is 7.61. The summed E-state index contributed by atoms with van der Waals surface area (Å²) in [5, 5.41) is 7.35. The summed E-state index contributed by atoms with van der Waals surface area (Å²) >= 11 is 3.34. The van der Waals surface area contributed by atoms with Crippen molar-refractivity contribution in [2.45, 2.75) is 12.5 Å². The Hall–Kier alpha value is -0.880. The largest absolute Gasteiger partial charge is 0.368 e. The molecule has 1 unspecified atom stereocenters. The Morgan fingerprint density at radius 3 is 3.06 bits per heavy atom. The summed E-state index contributed by atoms with van der Waals surface area (Å²) in [4.78, 5) is 13.8. The summed E-state index contributed by atoms with van der Waals surface area (Å²) in [6.45, 7) is 1.99. The van der Waals surface area contributed by atoms with E-state index in [9.17, 15) is 4.79 Å². The molecule has 1 aromatic heterocycles. The van der Waals surface area contributed by atoms with Crippen LogP contribution in [0.3, 0.4) is 0 Å². The van der Waals surface area contributed by atoms with E-state index in [-0.39, 0.29) is 5.56 Å². The van der Waals surface area contributed by atoms with Crippen LogP contribution in [0.1, 0.15) is 6.42 Å². The zero-order valence-corrected chi connectivity index (χ0v) is 11.0. The van der Waals surface area contributed by atoms with Gasteiger partial charge in [-0.15, -0.1) is 0 Å². The molecule has 0 aromatic carbocycles. The molecule has 1 atom stereocenters. The number of aromatic nitrogens is 2. The molecule has 0 aliphatic carbocycles. The summed E-state index contributed by atoms with van der Waals surface area (Å²) in [6, 6.07) is 0.435. The molecule has 1 aliphatic heterocycles. The molecule has 1 aromatic rings. The van der Waals surface area contributed by atoms with Gasteiger partial charge in [-0.1, -0.05) is 0 Å². The number of aryl methyl sites for hydroxylation is 1. The molecule has 1 N–H and O–H groups in total. The van der Waals surface area contributed by atoms with Crippen LogP contribution in [0.4, 0.5) is 5.69 Å². The van der Waals surface area contributed by atoms with Crippen LogP contribution >= 0.6 is 15.9 Å². The zero-order chi connectivity index (χ0) is 11.7. The molecule has 1 aliphatic rings.